The predicted molar refractivity (Wildman–Crippen MR) is 114 cm³/mol. The van der Waals surface area contributed by atoms with Crippen LogP contribution in [0.15, 0.2) is 65.4 Å². The lowest BCUT2D eigenvalue weighted by Gasteiger charge is -2.36. The zero-order valence-electron chi connectivity index (χ0n) is 17.2. The number of hydrogen-bond acceptors (Lipinski definition) is 6. The van der Waals surface area contributed by atoms with Crippen LogP contribution in [0.3, 0.4) is 0 Å². The van der Waals surface area contributed by atoms with E-state index in [1.807, 2.05) is 42.6 Å². The fourth-order valence-electron chi connectivity index (χ4n) is 4.04. The van der Waals surface area contributed by atoms with Crippen LogP contribution in [0.2, 0.25) is 0 Å². The van der Waals surface area contributed by atoms with Gasteiger partial charge in [-0.05, 0) is 24.6 Å². The molecule has 1 aliphatic heterocycles. The fraction of sp³-hybridized carbons (Fsp3) is 0.348. The molecule has 0 aliphatic carbocycles. The first-order valence-electron chi connectivity index (χ1n) is 10.5. The van der Waals surface area contributed by atoms with Crippen molar-refractivity contribution in [2.45, 2.75) is 25.9 Å². The van der Waals surface area contributed by atoms with Gasteiger partial charge < -0.3 is 8.92 Å². The molecule has 7 heteroatoms. The number of hydrogen-bond donors (Lipinski definition) is 0. The van der Waals surface area contributed by atoms with Gasteiger partial charge in [0.05, 0.1) is 11.7 Å². The average Bonchev–Trinajstić information content (AvgIpc) is 3.41. The molecule has 154 valence electrons. The van der Waals surface area contributed by atoms with E-state index in [2.05, 4.69) is 49.6 Å². The molecular weight excluding hydrogens is 376 g/mol. The highest BCUT2D eigenvalue weighted by Crippen LogP contribution is 2.21. The van der Waals surface area contributed by atoms with Crippen LogP contribution in [0.1, 0.15) is 35.9 Å². The molecule has 1 unspecified atom stereocenters. The lowest BCUT2D eigenvalue weighted by molar-refractivity contribution is 0.0839. The second-order valence-corrected chi connectivity index (χ2v) is 7.90. The van der Waals surface area contributed by atoms with Crippen LogP contribution in [0.5, 0.6) is 0 Å². The fourth-order valence-corrected chi connectivity index (χ4v) is 4.04. The van der Waals surface area contributed by atoms with Crippen molar-refractivity contribution in [1.82, 2.24) is 29.3 Å². The Morgan fingerprint density at radius 2 is 1.77 bits per heavy atom. The maximum absolute atomic E-state index is 5.58. The van der Waals surface area contributed by atoms with Gasteiger partial charge in [0.1, 0.15) is 5.65 Å². The minimum Gasteiger partial charge on any atom is -0.338 e. The summed E-state index contributed by atoms with van der Waals surface area (Å²) in [4.78, 5) is 14.2. The van der Waals surface area contributed by atoms with Gasteiger partial charge in [0.2, 0.25) is 5.89 Å². The average molecular weight is 403 g/mol. The van der Waals surface area contributed by atoms with Crippen LogP contribution in [0.4, 0.5) is 0 Å². The number of pyridine rings is 1. The summed E-state index contributed by atoms with van der Waals surface area (Å²) in [6, 6.07) is 16.5. The summed E-state index contributed by atoms with van der Waals surface area (Å²) in [5.41, 5.74) is 3.31. The topological polar surface area (TPSA) is 62.7 Å². The van der Waals surface area contributed by atoms with Crippen LogP contribution >= 0.6 is 0 Å². The molecule has 0 amide bonds. The monoisotopic (exact) mass is 402 g/mol. The summed E-state index contributed by atoms with van der Waals surface area (Å²) in [6.45, 7) is 6.99. The Morgan fingerprint density at radius 3 is 2.57 bits per heavy atom. The molecule has 30 heavy (non-hydrogen) atoms. The third-order valence-electron chi connectivity index (χ3n) is 5.80. The van der Waals surface area contributed by atoms with Crippen molar-refractivity contribution in [2.75, 3.05) is 26.2 Å². The third kappa shape index (κ3) is 4.13. The van der Waals surface area contributed by atoms with Crippen LogP contribution < -0.4 is 0 Å². The molecular formula is C23H26N6O. The first-order chi connectivity index (χ1) is 14.7. The zero-order chi connectivity index (χ0) is 20.3. The number of fused-ring (bicyclic) bond motifs is 1. The van der Waals surface area contributed by atoms with E-state index >= 15 is 0 Å². The van der Waals surface area contributed by atoms with Crippen molar-refractivity contribution in [2.24, 2.45) is 0 Å². The Labute approximate surface area is 176 Å². The van der Waals surface area contributed by atoms with E-state index in [-0.39, 0.29) is 6.04 Å². The summed E-state index contributed by atoms with van der Waals surface area (Å²) < 4.78 is 7.66. The predicted octanol–water partition coefficient (Wildman–Crippen LogP) is 3.19. The zero-order valence-corrected chi connectivity index (χ0v) is 17.2. The van der Waals surface area contributed by atoms with E-state index < -0.39 is 0 Å². The molecule has 0 spiro atoms. The Hall–Kier alpha value is -3.03. The SMILES string of the molecule is CC(c1nc(Cc2ccccc2)no1)N1CCN(Cc2cn3ccccc3n2)CC1. The van der Waals surface area contributed by atoms with Crippen molar-refractivity contribution >= 4 is 5.65 Å². The Bertz CT molecular complexity index is 1060. The summed E-state index contributed by atoms with van der Waals surface area (Å²) >= 11 is 0. The van der Waals surface area contributed by atoms with Crippen molar-refractivity contribution in [3.63, 3.8) is 0 Å². The summed E-state index contributed by atoms with van der Waals surface area (Å²) in [5.74, 6) is 1.45. The highest BCUT2D eigenvalue weighted by atomic mass is 16.5. The van der Waals surface area contributed by atoms with Gasteiger partial charge in [-0.25, -0.2) is 4.98 Å². The smallest absolute Gasteiger partial charge is 0.243 e. The number of imidazole rings is 1. The molecule has 0 N–H and O–H groups in total. The molecule has 7 nitrogen and oxygen atoms in total. The Morgan fingerprint density at radius 1 is 0.967 bits per heavy atom. The highest BCUT2D eigenvalue weighted by molar-refractivity contribution is 5.39. The molecule has 0 radical (unpaired) electrons. The normalized spacial score (nSPS) is 16.8. The van der Waals surface area contributed by atoms with Crippen molar-refractivity contribution in [3.05, 3.63) is 83.9 Å². The summed E-state index contributed by atoms with van der Waals surface area (Å²) in [6.07, 6.45) is 4.86. The maximum atomic E-state index is 5.58. The molecule has 4 aromatic rings. The minimum absolute atomic E-state index is 0.124. The van der Waals surface area contributed by atoms with Gasteiger partial charge in [-0.15, -0.1) is 0 Å². The molecule has 1 aromatic carbocycles. The van der Waals surface area contributed by atoms with Gasteiger partial charge in [-0.3, -0.25) is 9.80 Å². The first kappa shape index (κ1) is 19.0. The largest absolute Gasteiger partial charge is 0.338 e. The first-order valence-corrected chi connectivity index (χ1v) is 10.5. The number of aromatic nitrogens is 4. The van der Waals surface area contributed by atoms with Crippen LogP contribution in [0.25, 0.3) is 5.65 Å². The quantitative estimate of drug-likeness (QED) is 0.494. The molecule has 4 heterocycles. The van der Waals surface area contributed by atoms with E-state index in [0.29, 0.717) is 12.3 Å². The van der Waals surface area contributed by atoms with E-state index in [4.69, 9.17) is 9.51 Å². The summed E-state index contributed by atoms with van der Waals surface area (Å²) in [5, 5.41) is 4.19. The Balaban J connectivity index is 1.16. The van der Waals surface area contributed by atoms with E-state index in [0.717, 1.165) is 49.9 Å². The van der Waals surface area contributed by atoms with Gasteiger partial charge in [-0.1, -0.05) is 41.6 Å². The van der Waals surface area contributed by atoms with Crippen LogP contribution in [-0.4, -0.2) is 55.5 Å². The van der Waals surface area contributed by atoms with E-state index in [1.54, 1.807) is 0 Å². The second kappa shape index (κ2) is 8.38. The molecule has 0 bridgehead atoms. The third-order valence-corrected chi connectivity index (χ3v) is 5.80. The van der Waals surface area contributed by atoms with Gasteiger partial charge in [0, 0.05) is 51.5 Å². The van der Waals surface area contributed by atoms with Crippen molar-refractivity contribution in [3.8, 4) is 0 Å². The van der Waals surface area contributed by atoms with Crippen molar-refractivity contribution in [1.29, 1.82) is 0 Å². The lowest BCUT2D eigenvalue weighted by Crippen LogP contribution is -2.46. The number of piperazine rings is 1. The van der Waals surface area contributed by atoms with Gasteiger partial charge >= 0.3 is 0 Å². The van der Waals surface area contributed by atoms with Gasteiger partial charge in [0.25, 0.3) is 0 Å². The Kier molecular flexibility index (Phi) is 5.29. The molecule has 5 rings (SSSR count). The van der Waals surface area contributed by atoms with E-state index in [9.17, 15) is 0 Å². The molecule has 0 saturated carbocycles. The van der Waals surface area contributed by atoms with Gasteiger partial charge in [-0.2, -0.15) is 4.98 Å². The van der Waals surface area contributed by atoms with E-state index in [1.165, 1.54) is 5.56 Å². The molecule has 1 atom stereocenters. The highest BCUT2D eigenvalue weighted by Gasteiger charge is 2.26. The van der Waals surface area contributed by atoms with Gasteiger partial charge in [0.15, 0.2) is 5.82 Å². The van der Waals surface area contributed by atoms with Crippen LogP contribution in [-0.2, 0) is 13.0 Å². The molecule has 3 aromatic heterocycles. The summed E-state index contributed by atoms with van der Waals surface area (Å²) in [7, 11) is 0. The number of rotatable bonds is 6. The molecule has 1 aliphatic rings. The second-order valence-electron chi connectivity index (χ2n) is 7.90. The maximum Gasteiger partial charge on any atom is 0.243 e. The van der Waals surface area contributed by atoms with Crippen LogP contribution in [0, 0.1) is 0 Å². The lowest BCUT2D eigenvalue weighted by atomic mass is 10.1. The minimum atomic E-state index is 0.124. The molecule has 1 saturated heterocycles. The van der Waals surface area contributed by atoms with Crippen molar-refractivity contribution < 1.29 is 4.52 Å². The number of benzene rings is 1. The molecule has 1 fully saturated rings. The standard InChI is InChI=1S/C23H26N6O/c1-18(23-25-21(26-30-23)15-19-7-3-2-4-8-19)28-13-11-27(12-14-28)16-20-17-29-10-6-5-9-22(29)24-20/h2-10,17-18H,11-16H2,1H3. The number of nitrogens with zero attached hydrogens (tertiary/aromatic N) is 6.